The summed E-state index contributed by atoms with van der Waals surface area (Å²) in [5, 5.41) is 84.0. The average molecular weight is 563 g/mol. The summed E-state index contributed by atoms with van der Waals surface area (Å²) in [6.07, 6.45) is -7.58. The molecule has 0 spiro atoms. The lowest BCUT2D eigenvalue weighted by Gasteiger charge is -2.43. The van der Waals surface area contributed by atoms with Crippen LogP contribution in [0.15, 0.2) is 72.8 Å². The van der Waals surface area contributed by atoms with Crippen LogP contribution in [0.3, 0.4) is 0 Å². The van der Waals surface area contributed by atoms with Crippen LogP contribution in [0.25, 0.3) is 0 Å². The molecule has 0 bridgehead atoms. The molecule has 0 radical (unpaired) electrons. The summed E-state index contributed by atoms with van der Waals surface area (Å²) in [4.78, 5) is 0. The molecular formula is C30H26O11. The standard InChI is InChI=1S/C30H26O11/c31-15-5-1-13(2-6-15)25-24(38)29(18-10-12-20(34)23(37)28(18)39-25)41-30-21(35)17-9-11-19(33)22(36)27(17)40-26(30)14-3-7-16(32)8-4-14/h1-12,21,24-26,29-38H/t21?,24?,25-,26-,29+,30-/m1/s1. The van der Waals surface area contributed by atoms with Gasteiger partial charge in [0.25, 0.3) is 0 Å². The Morgan fingerprint density at radius 2 is 1.00 bits per heavy atom. The molecule has 6 atom stereocenters. The van der Waals surface area contributed by atoms with E-state index in [0.29, 0.717) is 11.1 Å². The fourth-order valence-electron chi connectivity index (χ4n) is 5.25. The van der Waals surface area contributed by atoms with Gasteiger partial charge in [0, 0.05) is 11.1 Å². The third-order valence-corrected chi connectivity index (χ3v) is 7.37. The molecule has 2 unspecified atom stereocenters. The molecule has 0 amide bonds. The normalized spacial score (nSPS) is 24.9. The zero-order chi connectivity index (χ0) is 29.0. The molecule has 11 heteroatoms. The second kappa shape index (κ2) is 9.97. The SMILES string of the molecule is Oc1ccc([C@H]2Oc3c(ccc(O)c3O)[C@H](O[C@@H]3C(O)c4ccc(O)c(O)c4O[C@@H]3c3ccc(O)cc3)C2O)cc1. The molecule has 41 heavy (non-hydrogen) atoms. The molecule has 0 aromatic heterocycles. The predicted molar refractivity (Wildman–Crippen MR) is 141 cm³/mol. The number of aromatic hydroxyl groups is 6. The molecule has 2 aliphatic rings. The summed E-state index contributed by atoms with van der Waals surface area (Å²) >= 11 is 0. The van der Waals surface area contributed by atoms with Crippen molar-refractivity contribution in [2.45, 2.75) is 36.6 Å². The third-order valence-electron chi connectivity index (χ3n) is 7.37. The van der Waals surface area contributed by atoms with Gasteiger partial charge in [-0.3, -0.25) is 0 Å². The van der Waals surface area contributed by atoms with E-state index in [1.807, 2.05) is 0 Å². The Labute approximate surface area is 232 Å². The van der Waals surface area contributed by atoms with Crippen LogP contribution in [0.4, 0.5) is 0 Å². The highest BCUT2D eigenvalue weighted by Gasteiger charge is 2.47. The van der Waals surface area contributed by atoms with Gasteiger partial charge >= 0.3 is 0 Å². The minimum Gasteiger partial charge on any atom is -0.508 e. The fraction of sp³-hybridized carbons (Fsp3) is 0.200. The number of ether oxygens (including phenoxy) is 3. The van der Waals surface area contributed by atoms with E-state index in [2.05, 4.69) is 0 Å². The first-order valence-electron chi connectivity index (χ1n) is 12.7. The highest BCUT2D eigenvalue weighted by Crippen LogP contribution is 2.54. The van der Waals surface area contributed by atoms with Crippen LogP contribution in [0.5, 0.6) is 46.0 Å². The minimum atomic E-state index is -1.44. The lowest BCUT2D eigenvalue weighted by Crippen LogP contribution is -2.43. The first kappa shape index (κ1) is 26.4. The summed E-state index contributed by atoms with van der Waals surface area (Å²) in [6, 6.07) is 16.9. The van der Waals surface area contributed by atoms with Crippen molar-refractivity contribution in [2.75, 3.05) is 0 Å². The molecule has 0 aliphatic carbocycles. The first-order chi connectivity index (χ1) is 19.6. The molecule has 2 heterocycles. The molecule has 0 saturated heterocycles. The maximum absolute atomic E-state index is 11.6. The van der Waals surface area contributed by atoms with Gasteiger partial charge in [-0.1, -0.05) is 24.3 Å². The van der Waals surface area contributed by atoms with Gasteiger partial charge < -0.3 is 55.1 Å². The molecule has 2 aliphatic heterocycles. The Kier molecular flexibility index (Phi) is 6.41. The van der Waals surface area contributed by atoms with Crippen LogP contribution in [0.1, 0.15) is 46.7 Å². The van der Waals surface area contributed by atoms with Gasteiger partial charge in [-0.05, 0) is 59.7 Å². The van der Waals surface area contributed by atoms with Crippen molar-refractivity contribution in [2.24, 2.45) is 0 Å². The summed E-state index contributed by atoms with van der Waals surface area (Å²) in [5.74, 6) is -2.41. The van der Waals surface area contributed by atoms with Crippen molar-refractivity contribution in [1.82, 2.24) is 0 Å². The maximum atomic E-state index is 11.6. The quantitative estimate of drug-likeness (QED) is 0.169. The van der Waals surface area contributed by atoms with Crippen LogP contribution in [-0.4, -0.2) is 53.1 Å². The molecule has 212 valence electrons. The van der Waals surface area contributed by atoms with E-state index in [4.69, 9.17) is 14.2 Å². The Morgan fingerprint density at radius 3 is 1.56 bits per heavy atom. The van der Waals surface area contributed by atoms with Gasteiger partial charge in [0.05, 0.1) is 0 Å². The van der Waals surface area contributed by atoms with Crippen molar-refractivity contribution < 1.29 is 55.1 Å². The monoisotopic (exact) mass is 562 g/mol. The zero-order valence-corrected chi connectivity index (χ0v) is 21.2. The van der Waals surface area contributed by atoms with Crippen LogP contribution in [0.2, 0.25) is 0 Å². The van der Waals surface area contributed by atoms with Crippen molar-refractivity contribution >= 4 is 0 Å². The Hall–Kier alpha value is -4.84. The van der Waals surface area contributed by atoms with Crippen LogP contribution in [-0.2, 0) is 4.74 Å². The van der Waals surface area contributed by atoms with Crippen molar-refractivity contribution in [1.29, 1.82) is 0 Å². The summed E-state index contributed by atoms with van der Waals surface area (Å²) in [6.45, 7) is 0. The molecular weight excluding hydrogens is 536 g/mol. The van der Waals surface area contributed by atoms with E-state index in [9.17, 15) is 40.9 Å². The number of aliphatic hydroxyl groups excluding tert-OH is 2. The number of phenolic OH excluding ortho intramolecular Hbond substituents is 6. The van der Waals surface area contributed by atoms with E-state index >= 15 is 0 Å². The van der Waals surface area contributed by atoms with Crippen molar-refractivity contribution in [3.05, 3.63) is 95.1 Å². The molecule has 0 fully saturated rings. The van der Waals surface area contributed by atoms with Gasteiger partial charge in [0.2, 0.25) is 11.5 Å². The average Bonchev–Trinajstić information content (AvgIpc) is 2.96. The second-order valence-corrected chi connectivity index (χ2v) is 9.92. The topological polar surface area (TPSA) is 190 Å². The van der Waals surface area contributed by atoms with Crippen LogP contribution >= 0.6 is 0 Å². The smallest absolute Gasteiger partial charge is 0.200 e. The van der Waals surface area contributed by atoms with Crippen molar-refractivity contribution in [3.8, 4) is 46.0 Å². The number of rotatable bonds is 4. The van der Waals surface area contributed by atoms with Gasteiger partial charge in [-0.2, -0.15) is 0 Å². The van der Waals surface area contributed by atoms with Gasteiger partial charge in [0.1, 0.15) is 35.9 Å². The molecule has 6 rings (SSSR count). The summed E-state index contributed by atoms with van der Waals surface area (Å²) in [5.41, 5.74) is 1.16. The lowest BCUT2D eigenvalue weighted by molar-refractivity contribution is -0.184. The predicted octanol–water partition coefficient (Wildman–Crippen LogP) is 3.71. The molecule has 8 N–H and O–H groups in total. The fourth-order valence-corrected chi connectivity index (χ4v) is 5.25. The zero-order valence-electron chi connectivity index (χ0n) is 21.2. The number of hydrogen-bond donors (Lipinski definition) is 8. The molecule has 0 saturated carbocycles. The largest absolute Gasteiger partial charge is 0.508 e. The Bertz CT molecular complexity index is 1590. The van der Waals surface area contributed by atoms with Gasteiger partial charge in [-0.15, -0.1) is 0 Å². The summed E-state index contributed by atoms with van der Waals surface area (Å²) in [7, 11) is 0. The summed E-state index contributed by atoms with van der Waals surface area (Å²) < 4.78 is 18.4. The Morgan fingerprint density at radius 1 is 0.537 bits per heavy atom. The third kappa shape index (κ3) is 4.45. The lowest BCUT2D eigenvalue weighted by atomic mass is 9.89. The van der Waals surface area contributed by atoms with E-state index < -0.39 is 59.6 Å². The highest BCUT2D eigenvalue weighted by molar-refractivity contribution is 5.58. The van der Waals surface area contributed by atoms with Crippen LogP contribution < -0.4 is 9.47 Å². The van der Waals surface area contributed by atoms with Gasteiger partial charge in [-0.25, -0.2) is 0 Å². The molecule has 11 nitrogen and oxygen atoms in total. The minimum absolute atomic E-state index is 0.0140. The Balaban J connectivity index is 1.46. The first-order valence-corrected chi connectivity index (χ1v) is 12.7. The van der Waals surface area contributed by atoms with E-state index in [1.165, 1.54) is 72.8 Å². The van der Waals surface area contributed by atoms with Crippen LogP contribution in [0, 0.1) is 0 Å². The number of aliphatic hydroxyl groups is 2. The molecule has 4 aromatic rings. The van der Waals surface area contributed by atoms with Crippen molar-refractivity contribution in [3.63, 3.8) is 0 Å². The van der Waals surface area contributed by atoms with E-state index in [0.717, 1.165) is 0 Å². The number of phenols is 6. The highest BCUT2D eigenvalue weighted by atomic mass is 16.6. The second-order valence-electron chi connectivity index (χ2n) is 9.92. The van der Waals surface area contributed by atoms with E-state index in [1.54, 1.807) is 0 Å². The number of fused-ring (bicyclic) bond motifs is 2. The maximum Gasteiger partial charge on any atom is 0.200 e. The van der Waals surface area contributed by atoms with E-state index in [-0.39, 0.29) is 34.1 Å². The molecule has 4 aromatic carbocycles. The number of hydrogen-bond acceptors (Lipinski definition) is 11. The van der Waals surface area contributed by atoms with Gasteiger partial charge in [0.15, 0.2) is 35.2 Å². The number of benzene rings is 4.